The molecular weight excluding hydrogens is 168 g/mol. The van der Waals surface area contributed by atoms with Crippen molar-refractivity contribution in [2.45, 2.75) is 54.9 Å². The van der Waals surface area contributed by atoms with Crippen LogP contribution < -0.4 is 0 Å². The molecule has 0 rings (SSSR count). The molecular formula is C14H30. The highest BCUT2D eigenvalue weighted by atomic mass is 13.7. The first-order valence-electron chi connectivity index (χ1n) is 5.43. The summed E-state index contributed by atoms with van der Waals surface area (Å²) in [6.07, 6.45) is 6.61. The van der Waals surface area contributed by atoms with Gasteiger partial charge in [-0.25, -0.2) is 0 Å². The minimum absolute atomic E-state index is 1.25. The molecule has 0 heteroatoms. The average Bonchev–Trinajstić information content (AvgIpc) is 2.22. The van der Waals surface area contributed by atoms with E-state index >= 15 is 0 Å². The first-order chi connectivity index (χ1) is 6.60. The van der Waals surface area contributed by atoms with Gasteiger partial charge in [-0.3, -0.25) is 0 Å². The van der Waals surface area contributed by atoms with E-state index in [1.54, 1.807) is 12.2 Å². The molecule has 0 saturated heterocycles. The summed E-state index contributed by atoms with van der Waals surface area (Å²) in [4.78, 5) is 0. The number of allylic oxidation sites excluding steroid dienone is 4. The lowest BCUT2D eigenvalue weighted by atomic mass is 10.3. The molecule has 0 aliphatic carbocycles. The molecule has 0 atom stereocenters. The molecule has 14 heavy (non-hydrogen) atoms. The van der Waals surface area contributed by atoms with Crippen molar-refractivity contribution >= 4 is 0 Å². The second kappa shape index (κ2) is 39.8. The van der Waals surface area contributed by atoms with Gasteiger partial charge < -0.3 is 0 Å². The lowest BCUT2D eigenvalue weighted by Gasteiger charge is -1.74. The van der Waals surface area contributed by atoms with Crippen LogP contribution in [-0.2, 0) is 0 Å². The normalized spacial score (nSPS) is 5.64. The summed E-state index contributed by atoms with van der Waals surface area (Å²) >= 11 is 0. The van der Waals surface area contributed by atoms with Crippen molar-refractivity contribution in [3.63, 3.8) is 0 Å². The molecule has 0 radical (unpaired) electrons. The molecule has 86 valence electrons. The molecule has 0 fully saturated rings. The number of rotatable bonds is 1. The van der Waals surface area contributed by atoms with Crippen LogP contribution in [0, 0.1) is 0 Å². The van der Waals surface area contributed by atoms with Crippen molar-refractivity contribution in [2.24, 2.45) is 0 Å². The van der Waals surface area contributed by atoms with Crippen molar-refractivity contribution in [3.8, 4) is 0 Å². The Kier molecular flexibility index (Phi) is 66.0. The molecule has 0 heterocycles. The minimum atomic E-state index is 1.25. The van der Waals surface area contributed by atoms with Crippen molar-refractivity contribution < 1.29 is 0 Å². The van der Waals surface area contributed by atoms with E-state index in [0.717, 1.165) is 0 Å². The van der Waals surface area contributed by atoms with Crippen molar-refractivity contribution in [3.05, 3.63) is 37.0 Å². The van der Waals surface area contributed by atoms with Crippen LogP contribution in [0.1, 0.15) is 54.9 Å². The van der Waals surface area contributed by atoms with E-state index in [2.05, 4.69) is 46.9 Å². The fraction of sp³-hybridized carbons (Fsp3) is 0.571. The molecule has 0 aromatic heterocycles. The summed E-state index contributed by atoms with van der Waals surface area (Å²) in [7, 11) is 0. The van der Waals surface area contributed by atoms with Crippen LogP contribution in [0.15, 0.2) is 37.0 Å². The molecule has 0 nitrogen and oxygen atoms in total. The second-order valence-corrected chi connectivity index (χ2v) is 2.54. The predicted octanol–water partition coefficient (Wildman–Crippen LogP) is 5.77. The van der Waals surface area contributed by atoms with Gasteiger partial charge in [0.05, 0.1) is 0 Å². The van der Waals surface area contributed by atoms with Gasteiger partial charge in [0.1, 0.15) is 0 Å². The number of hydrogen-bond acceptors (Lipinski definition) is 0. The molecule has 0 bridgehead atoms. The van der Waals surface area contributed by atoms with Crippen LogP contribution in [0.4, 0.5) is 0 Å². The fourth-order valence-electron chi connectivity index (χ4n) is 0. The zero-order valence-corrected chi connectivity index (χ0v) is 11.4. The Morgan fingerprint density at radius 1 is 1.00 bits per heavy atom. The summed E-state index contributed by atoms with van der Waals surface area (Å²) in [5.41, 5.74) is 1.38. The molecule has 0 spiro atoms. The van der Waals surface area contributed by atoms with E-state index in [-0.39, 0.29) is 0 Å². The van der Waals surface area contributed by atoms with Gasteiger partial charge in [0, 0.05) is 0 Å². The van der Waals surface area contributed by atoms with Crippen molar-refractivity contribution in [1.82, 2.24) is 0 Å². The molecule has 0 aliphatic heterocycles. The van der Waals surface area contributed by atoms with E-state index < -0.39 is 0 Å². The minimum Gasteiger partial charge on any atom is -0.0991 e. The standard InChI is InChI=1S/C5H10.C4H6.C3H8.C2H6/c1-4-5(2)3;1-3-4-2;1-3-2;1-2/h4H,1-3H3;3-4H,1-2H2;3H2,1-2H3;1-2H3. The van der Waals surface area contributed by atoms with E-state index in [1.165, 1.54) is 12.0 Å². The maximum Gasteiger partial charge on any atom is -0.0442 e. The zero-order chi connectivity index (χ0) is 12.4. The largest absolute Gasteiger partial charge is 0.0991 e. The van der Waals surface area contributed by atoms with E-state index in [9.17, 15) is 0 Å². The third-order valence-corrected chi connectivity index (χ3v) is 0.744. The Morgan fingerprint density at radius 3 is 1.14 bits per heavy atom. The molecule has 0 unspecified atom stereocenters. The third-order valence-electron chi connectivity index (χ3n) is 0.744. The van der Waals surface area contributed by atoms with Gasteiger partial charge in [0.15, 0.2) is 0 Å². The highest BCUT2D eigenvalue weighted by Crippen LogP contribution is 1.82. The quantitative estimate of drug-likeness (QED) is 0.370. The summed E-state index contributed by atoms with van der Waals surface area (Å²) in [6.45, 7) is 21.2. The molecule has 0 saturated carbocycles. The molecule has 0 aromatic carbocycles. The Balaban J connectivity index is -0.0000000505. The first kappa shape index (κ1) is 23.2. The zero-order valence-electron chi connectivity index (χ0n) is 11.4. The predicted molar refractivity (Wildman–Crippen MR) is 72.8 cm³/mol. The molecule has 0 aliphatic rings. The van der Waals surface area contributed by atoms with Gasteiger partial charge >= 0.3 is 0 Å². The summed E-state index contributed by atoms with van der Waals surface area (Å²) in [5.74, 6) is 0. The second-order valence-electron chi connectivity index (χ2n) is 2.54. The van der Waals surface area contributed by atoms with Crippen LogP contribution in [0.25, 0.3) is 0 Å². The van der Waals surface area contributed by atoms with Gasteiger partial charge in [-0.05, 0) is 20.8 Å². The summed E-state index contributed by atoms with van der Waals surface area (Å²) in [5, 5.41) is 0. The van der Waals surface area contributed by atoms with Gasteiger partial charge in [0.25, 0.3) is 0 Å². The van der Waals surface area contributed by atoms with Crippen LogP contribution >= 0.6 is 0 Å². The Bertz CT molecular complexity index is 97.2. The van der Waals surface area contributed by atoms with Gasteiger partial charge in [-0.15, -0.1) is 0 Å². The highest BCUT2D eigenvalue weighted by Gasteiger charge is 1.60. The van der Waals surface area contributed by atoms with Gasteiger partial charge in [-0.2, -0.15) is 0 Å². The van der Waals surface area contributed by atoms with Crippen molar-refractivity contribution in [2.75, 3.05) is 0 Å². The monoisotopic (exact) mass is 198 g/mol. The Labute approximate surface area is 92.4 Å². The average molecular weight is 198 g/mol. The van der Waals surface area contributed by atoms with E-state index in [0.29, 0.717) is 0 Å². The SMILES string of the molecule is C=CC=C.CC.CC=C(C)C.CCC. The molecule has 0 aromatic rings. The smallest absolute Gasteiger partial charge is 0.0442 e. The lowest BCUT2D eigenvalue weighted by molar-refractivity contribution is 1.09. The summed E-state index contributed by atoms with van der Waals surface area (Å²) < 4.78 is 0. The highest BCUT2D eigenvalue weighted by molar-refractivity contribution is 4.89. The molecule has 0 amide bonds. The Hall–Kier alpha value is -0.780. The van der Waals surface area contributed by atoms with Crippen LogP contribution in [0.2, 0.25) is 0 Å². The van der Waals surface area contributed by atoms with Crippen molar-refractivity contribution in [1.29, 1.82) is 0 Å². The number of hydrogen-bond donors (Lipinski definition) is 0. The third kappa shape index (κ3) is 238. The lowest BCUT2D eigenvalue weighted by Crippen LogP contribution is -1.52. The van der Waals surface area contributed by atoms with E-state index in [1.807, 2.05) is 20.8 Å². The first-order valence-corrected chi connectivity index (χ1v) is 5.43. The maximum absolute atomic E-state index is 3.36. The van der Waals surface area contributed by atoms with Crippen LogP contribution in [0.3, 0.4) is 0 Å². The van der Waals surface area contributed by atoms with Crippen LogP contribution in [0.5, 0.6) is 0 Å². The van der Waals surface area contributed by atoms with Gasteiger partial charge in [0.2, 0.25) is 0 Å². The molecule has 0 N–H and O–H groups in total. The van der Waals surface area contributed by atoms with E-state index in [4.69, 9.17) is 0 Å². The Morgan fingerprint density at radius 2 is 1.14 bits per heavy atom. The maximum atomic E-state index is 3.36. The fourth-order valence-corrected chi connectivity index (χ4v) is 0. The summed E-state index contributed by atoms with van der Waals surface area (Å²) in [6, 6.07) is 0. The van der Waals surface area contributed by atoms with Gasteiger partial charge in [-0.1, -0.05) is 71.1 Å². The topological polar surface area (TPSA) is 0 Å². The van der Waals surface area contributed by atoms with Crippen LogP contribution in [-0.4, -0.2) is 0 Å².